The van der Waals surface area contributed by atoms with Gasteiger partial charge in [0.1, 0.15) is 5.82 Å². The highest BCUT2D eigenvalue weighted by Gasteiger charge is 2.28. The Morgan fingerprint density at radius 2 is 1.95 bits per heavy atom. The molecule has 0 aromatic carbocycles. The lowest BCUT2D eigenvalue weighted by atomic mass is 9.94. The maximum Gasteiger partial charge on any atom is 0.131 e. The van der Waals surface area contributed by atoms with Crippen LogP contribution in [0.15, 0.2) is 12.4 Å². The lowest BCUT2D eigenvalue weighted by molar-refractivity contribution is -0.00630. The Labute approximate surface area is 118 Å². The molecule has 1 aliphatic carbocycles. The molecule has 0 radical (unpaired) electrons. The molecule has 1 aromatic rings. The third-order valence-electron chi connectivity index (χ3n) is 3.84. The zero-order chi connectivity index (χ0) is 14.2. The van der Waals surface area contributed by atoms with Crippen LogP contribution in [0.25, 0.3) is 0 Å². The standard InChI is InChI=1S/C13H18N2O4S/c16-20(17,18)8-9-3-4-19-12(5-9)11-6-14-13(15-7-11)10-1-2-10/h6-7,9-10,12H,1-5,8H2,(H,16,17,18)/p-1. The second-order valence-electron chi connectivity index (χ2n) is 5.62. The van der Waals surface area contributed by atoms with E-state index >= 15 is 0 Å². The first kappa shape index (κ1) is 13.9. The summed E-state index contributed by atoms with van der Waals surface area (Å²) in [6.07, 6.45) is 6.78. The highest BCUT2D eigenvalue weighted by molar-refractivity contribution is 7.85. The van der Waals surface area contributed by atoms with E-state index in [1.54, 1.807) is 12.4 Å². The van der Waals surface area contributed by atoms with Crippen LogP contribution in [-0.4, -0.2) is 35.3 Å². The molecule has 3 rings (SSSR count). The Morgan fingerprint density at radius 3 is 2.55 bits per heavy atom. The summed E-state index contributed by atoms with van der Waals surface area (Å²) >= 11 is 0. The molecule has 1 saturated carbocycles. The second-order valence-corrected chi connectivity index (χ2v) is 7.07. The Balaban J connectivity index is 1.66. The molecular weight excluding hydrogens is 280 g/mol. The first-order valence-electron chi connectivity index (χ1n) is 6.88. The van der Waals surface area contributed by atoms with Crippen molar-refractivity contribution >= 4 is 10.1 Å². The van der Waals surface area contributed by atoms with Gasteiger partial charge < -0.3 is 9.29 Å². The molecule has 1 saturated heterocycles. The van der Waals surface area contributed by atoms with Crippen LogP contribution in [0.5, 0.6) is 0 Å². The molecule has 2 heterocycles. The van der Waals surface area contributed by atoms with Crippen LogP contribution < -0.4 is 0 Å². The Hall–Kier alpha value is -1.05. The summed E-state index contributed by atoms with van der Waals surface area (Å²) < 4.78 is 38.2. The molecule has 2 atom stereocenters. The minimum Gasteiger partial charge on any atom is -0.748 e. The summed E-state index contributed by atoms with van der Waals surface area (Å²) in [6, 6.07) is 0. The van der Waals surface area contributed by atoms with Crippen molar-refractivity contribution < 1.29 is 17.7 Å². The lowest BCUT2D eigenvalue weighted by Gasteiger charge is -2.30. The third-order valence-corrected chi connectivity index (χ3v) is 4.72. The van der Waals surface area contributed by atoms with Gasteiger partial charge in [0.05, 0.1) is 16.2 Å². The van der Waals surface area contributed by atoms with Crippen LogP contribution >= 0.6 is 0 Å². The Kier molecular flexibility index (Phi) is 3.74. The van der Waals surface area contributed by atoms with Gasteiger partial charge in [-0.1, -0.05) is 0 Å². The van der Waals surface area contributed by atoms with E-state index in [0.29, 0.717) is 25.4 Å². The van der Waals surface area contributed by atoms with Gasteiger partial charge in [0.15, 0.2) is 0 Å². The fourth-order valence-electron chi connectivity index (χ4n) is 2.60. The fraction of sp³-hybridized carbons (Fsp3) is 0.692. The first-order valence-corrected chi connectivity index (χ1v) is 8.46. The van der Waals surface area contributed by atoms with Crippen LogP contribution in [-0.2, 0) is 14.9 Å². The molecule has 2 aliphatic rings. The van der Waals surface area contributed by atoms with Gasteiger partial charge >= 0.3 is 0 Å². The zero-order valence-electron chi connectivity index (χ0n) is 11.1. The number of hydrogen-bond acceptors (Lipinski definition) is 6. The second kappa shape index (κ2) is 5.38. The molecular formula is C13H17N2O4S-. The summed E-state index contributed by atoms with van der Waals surface area (Å²) in [5, 5.41) is 0. The van der Waals surface area contributed by atoms with Crippen molar-refractivity contribution in [2.75, 3.05) is 12.4 Å². The van der Waals surface area contributed by atoms with Gasteiger partial charge in [-0.15, -0.1) is 0 Å². The summed E-state index contributed by atoms with van der Waals surface area (Å²) in [7, 11) is -4.18. The predicted octanol–water partition coefficient (Wildman–Crippen LogP) is 1.37. The summed E-state index contributed by atoms with van der Waals surface area (Å²) in [5.74, 6) is 0.936. The monoisotopic (exact) mass is 297 g/mol. The topological polar surface area (TPSA) is 92.2 Å². The van der Waals surface area contributed by atoms with Crippen molar-refractivity contribution in [2.45, 2.75) is 37.7 Å². The van der Waals surface area contributed by atoms with Crippen molar-refractivity contribution in [3.05, 3.63) is 23.8 Å². The highest BCUT2D eigenvalue weighted by Crippen LogP contribution is 2.38. The molecule has 0 spiro atoms. The quantitative estimate of drug-likeness (QED) is 0.779. The molecule has 2 unspecified atom stereocenters. The van der Waals surface area contributed by atoms with E-state index in [1.165, 1.54) is 0 Å². The number of hydrogen-bond donors (Lipinski definition) is 0. The zero-order valence-corrected chi connectivity index (χ0v) is 11.9. The van der Waals surface area contributed by atoms with Gasteiger partial charge in [0, 0.05) is 36.2 Å². The number of nitrogens with zero attached hydrogens (tertiary/aromatic N) is 2. The average molecular weight is 297 g/mol. The molecule has 20 heavy (non-hydrogen) atoms. The molecule has 2 fully saturated rings. The largest absolute Gasteiger partial charge is 0.748 e. The van der Waals surface area contributed by atoms with E-state index in [4.69, 9.17) is 4.74 Å². The SMILES string of the molecule is O=S(=O)([O-])CC1CCOC(c2cnc(C3CC3)nc2)C1. The minimum atomic E-state index is -4.18. The van der Waals surface area contributed by atoms with Gasteiger partial charge in [-0.2, -0.15) is 0 Å². The fourth-order valence-corrected chi connectivity index (χ4v) is 3.48. The number of aromatic nitrogens is 2. The van der Waals surface area contributed by atoms with E-state index in [9.17, 15) is 13.0 Å². The molecule has 1 aromatic heterocycles. The van der Waals surface area contributed by atoms with Gasteiger partial charge in [0.25, 0.3) is 0 Å². The van der Waals surface area contributed by atoms with Crippen LogP contribution in [0, 0.1) is 5.92 Å². The Bertz CT molecular complexity index is 569. The van der Waals surface area contributed by atoms with Crippen LogP contribution in [0.2, 0.25) is 0 Å². The smallest absolute Gasteiger partial charge is 0.131 e. The van der Waals surface area contributed by atoms with Crippen molar-refractivity contribution in [1.29, 1.82) is 0 Å². The van der Waals surface area contributed by atoms with E-state index in [1.807, 2.05) is 0 Å². The third kappa shape index (κ3) is 3.53. The molecule has 0 bridgehead atoms. The number of ether oxygens (including phenoxy) is 1. The van der Waals surface area contributed by atoms with Gasteiger partial charge in [0.2, 0.25) is 0 Å². The van der Waals surface area contributed by atoms with E-state index < -0.39 is 10.1 Å². The van der Waals surface area contributed by atoms with Gasteiger partial charge in [-0.3, -0.25) is 0 Å². The molecule has 0 N–H and O–H groups in total. The van der Waals surface area contributed by atoms with Crippen molar-refractivity contribution in [3.8, 4) is 0 Å². The van der Waals surface area contributed by atoms with Gasteiger partial charge in [-0.05, 0) is 31.6 Å². The Morgan fingerprint density at radius 1 is 1.25 bits per heavy atom. The van der Waals surface area contributed by atoms with Gasteiger partial charge in [-0.25, -0.2) is 18.4 Å². The molecule has 110 valence electrons. The van der Waals surface area contributed by atoms with Crippen molar-refractivity contribution in [2.24, 2.45) is 5.92 Å². The average Bonchev–Trinajstić information content (AvgIpc) is 3.21. The molecule has 6 nitrogen and oxygen atoms in total. The van der Waals surface area contributed by atoms with Crippen LogP contribution in [0.1, 0.15) is 49.1 Å². The summed E-state index contributed by atoms with van der Waals surface area (Å²) in [5.41, 5.74) is 0.863. The number of rotatable bonds is 4. The van der Waals surface area contributed by atoms with E-state index in [0.717, 1.165) is 24.2 Å². The summed E-state index contributed by atoms with van der Waals surface area (Å²) in [4.78, 5) is 8.69. The van der Waals surface area contributed by atoms with Crippen molar-refractivity contribution in [1.82, 2.24) is 9.97 Å². The maximum absolute atomic E-state index is 10.8. The normalized spacial score (nSPS) is 27.4. The highest BCUT2D eigenvalue weighted by atomic mass is 32.2. The maximum atomic E-state index is 10.8. The van der Waals surface area contributed by atoms with E-state index in [-0.39, 0.29) is 17.8 Å². The minimum absolute atomic E-state index is 0.139. The van der Waals surface area contributed by atoms with Crippen LogP contribution in [0.4, 0.5) is 0 Å². The molecule has 1 aliphatic heterocycles. The molecule has 0 amide bonds. The lowest BCUT2D eigenvalue weighted by Crippen LogP contribution is -2.25. The van der Waals surface area contributed by atoms with E-state index in [2.05, 4.69) is 9.97 Å². The van der Waals surface area contributed by atoms with Crippen LogP contribution in [0.3, 0.4) is 0 Å². The van der Waals surface area contributed by atoms with Crippen molar-refractivity contribution in [3.63, 3.8) is 0 Å². The summed E-state index contributed by atoms with van der Waals surface area (Å²) in [6.45, 7) is 0.467. The first-order chi connectivity index (χ1) is 9.51. The molecule has 7 heteroatoms. The predicted molar refractivity (Wildman–Crippen MR) is 70.0 cm³/mol.